The molecule has 0 N–H and O–H groups in total. The molecule has 24 heavy (non-hydrogen) atoms. The number of ether oxygens (including phenoxy) is 2. The van der Waals surface area contributed by atoms with E-state index in [1.54, 1.807) is 14.2 Å². The van der Waals surface area contributed by atoms with Gasteiger partial charge in [-0.3, -0.25) is 4.90 Å². The molecule has 0 aromatic carbocycles. The lowest BCUT2D eigenvalue weighted by atomic mass is 9.99. The first-order valence-corrected chi connectivity index (χ1v) is 8.43. The van der Waals surface area contributed by atoms with Crippen LogP contribution in [0.15, 0.2) is 36.5 Å². The second-order valence-corrected chi connectivity index (χ2v) is 6.34. The summed E-state index contributed by atoms with van der Waals surface area (Å²) in [5.74, 6) is 2.03. The van der Waals surface area contributed by atoms with Gasteiger partial charge in [-0.05, 0) is 49.9 Å². The summed E-state index contributed by atoms with van der Waals surface area (Å²) in [5, 5.41) is 0. The number of methoxy groups -OCH3 is 2. The van der Waals surface area contributed by atoms with E-state index in [1.165, 1.54) is 12.0 Å². The fraction of sp³-hybridized carbons (Fsp3) is 0.474. The Morgan fingerprint density at radius 1 is 1.21 bits per heavy atom. The van der Waals surface area contributed by atoms with Crippen LogP contribution in [0.25, 0.3) is 0 Å². The van der Waals surface area contributed by atoms with E-state index in [0.717, 1.165) is 25.2 Å². The summed E-state index contributed by atoms with van der Waals surface area (Å²) in [4.78, 5) is 11.3. The summed E-state index contributed by atoms with van der Waals surface area (Å²) in [6, 6.07) is 10.4. The van der Waals surface area contributed by atoms with Crippen LogP contribution in [0.2, 0.25) is 0 Å². The van der Waals surface area contributed by atoms with Gasteiger partial charge < -0.3 is 9.47 Å². The first kappa shape index (κ1) is 16.7. The normalized spacial score (nSPS) is 19.2. The van der Waals surface area contributed by atoms with E-state index >= 15 is 0 Å². The van der Waals surface area contributed by atoms with Crippen molar-refractivity contribution in [2.24, 2.45) is 5.92 Å². The number of pyridine rings is 2. The molecule has 0 saturated carbocycles. The minimum atomic E-state index is 0.303. The summed E-state index contributed by atoms with van der Waals surface area (Å²) in [7, 11) is 3.32. The Balaban J connectivity index is 1.61. The average molecular weight is 327 g/mol. The molecular formula is C19H25N3O2. The van der Waals surface area contributed by atoms with Gasteiger partial charge in [-0.15, -0.1) is 0 Å². The molecule has 0 aliphatic carbocycles. The van der Waals surface area contributed by atoms with Gasteiger partial charge in [0, 0.05) is 30.9 Å². The Morgan fingerprint density at radius 2 is 2.04 bits per heavy atom. The van der Waals surface area contributed by atoms with Gasteiger partial charge in [0.05, 0.1) is 19.9 Å². The smallest absolute Gasteiger partial charge is 0.213 e. The fourth-order valence-electron chi connectivity index (χ4n) is 3.37. The zero-order valence-electron chi connectivity index (χ0n) is 14.6. The summed E-state index contributed by atoms with van der Waals surface area (Å²) < 4.78 is 10.5. The molecule has 0 spiro atoms. The maximum atomic E-state index is 5.24. The lowest BCUT2D eigenvalue weighted by molar-refractivity contribution is 0.246. The van der Waals surface area contributed by atoms with Gasteiger partial charge >= 0.3 is 0 Å². The van der Waals surface area contributed by atoms with Crippen molar-refractivity contribution in [2.75, 3.05) is 27.3 Å². The van der Waals surface area contributed by atoms with Crippen LogP contribution >= 0.6 is 0 Å². The molecule has 2 aromatic heterocycles. The molecule has 2 atom stereocenters. The van der Waals surface area contributed by atoms with E-state index in [9.17, 15) is 0 Å². The summed E-state index contributed by atoms with van der Waals surface area (Å²) in [5.41, 5.74) is 2.36. The maximum Gasteiger partial charge on any atom is 0.213 e. The second-order valence-electron chi connectivity index (χ2n) is 6.34. The molecule has 1 aliphatic rings. The molecule has 5 nitrogen and oxygen atoms in total. The zero-order chi connectivity index (χ0) is 16.9. The number of likely N-dealkylation sites (tertiary alicyclic amines) is 1. The van der Waals surface area contributed by atoms with E-state index in [2.05, 4.69) is 33.9 Å². The SMILES string of the molecule is COc1cc(C[C@H]2CCN(C(C)c3cccc(OC)n3)C2)ccn1. The molecule has 3 rings (SSSR count). The molecule has 0 amide bonds. The Bertz CT molecular complexity index is 677. The molecule has 1 saturated heterocycles. The first-order valence-electron chi connectivity index (χ1n) is 8.43. The number of hydrogen-bond acceptors (Lipinski definition) is 5. The Kier molecular flexibility index (Phi) is 5.30. The van der Waals surface area contributed by atoms with Crippen molar-refractivity contribution >= 4 is 0 Å². The van der Waals surface area contributed by atoms with Crippen molar-refractivity contribution in [3.63, 3.8) is 0 Å². The van der Waals surface area contributed by atoms with E-state index in [1.807, 2.05) is 24.4 Å². The molecule has 1 unspecified atom stereocenters. The van der Waals surface area contributed by atoms with Crippen molar-refractivity contribution in [3.8, 4) is 11.8 Å². The lowest BCUT2D eigenvalue weighted by Gasteiger charge is -2.24. The molecule has 128 valence electrons. The molecule has 3 heterocycles. The highest BCUT2D eigenvalue weighted by Crippen LogP contribution is 2.29. The highest BCUT2D eigenvalue weighted by molar-refractivity contribution is 5.21. The molecule has 5 heteroatoms. The van der Waals surface area contributed by atoms with Crippen molar-refractivity contribution in [2.45, 2.75) is 25.8 Å². The fourth-order valence-corrected chi connectivity index (χ4v) is 3.37. The van der Waals surface area contributed by atoms with E-state index < -0.39 is 0 Å². The lowest BCUT2D eigenvalue weighted by Crippen LogP contribution is -2.25. The van der Waals surface area contributed by atoms with Crippen molar-refractivity contribution in [1.29, 1.82) is 0 Å². The van der Waals surface area contributed by atoms with Crippen LogP contribution in [-0.2, 0) is 6.42 Å². The zero-order valence-corrected chi connectivity index (χ0v) is 14.6. The highest BCUT2D eigenvalue weighted by Gasteiger charge is 2.27. The molecular weight excluding hydrogens is 302 g/mol. The van der Waals surface area contributed by atoms with Gasteiger partial charge in [0.15, 0.2) is 0 Å². The highest BCUT2D eigenvalue weighted by atomic mass is 16.5. The largest absolute Gasteiger partial charge is 0.481 e. The summed E-state index contributed by atoms with van der Waals surface area (Å²) >= 11 is 0. The Morgan fingerprint density at radius 3 is 2.83 bits per heavy atom. The van der Waals surface area contributed by atoms with E-state index in [0.29, 0.717) is 23.7 Å². The molecule has 2 aromatic rings. The third-order valence-corrected chi connectivity index (χ3v) is 4.78. The van der Waals surface area contributed by atoms with Gasteiger partial charge in [-0.25, -0.2) is 9.97 Å². The Hall–Kier alpha value is -2.14. The molecule has 1 fully saturated rings. The standard InChI is InChI=1S/C19H25N3O2/c1-14(17-5-4-6-18(21-17)23-2)22-10-8-16(13-22)11-15-7-9-20-19(12-15)24-3/h4-7,9,12,14,16H,8,10-11,13H2,1-3H3/t14?,16-/m1/s1. The van der Waals surface area contributed by atoms with E-state index in [-0.39, 0.29) is 0 Å². The summed E-state index contributed by atoms with van der Waals surface area (Å²) in [6.45, 7) is 4.41. The van der Waals surface area contributed by atoms with Crippen LogP contribution in [-0.4, -0.2) is 42.2 Å². The predicted octanol–water partition coefficient (Wildman–Crippen LogP) is 3.12. The van der Waals surface area contributed by atoms with Crippen LogP contribution in [0.3, 0.4) is 0 Å². The average Bonchev–Trinajstić information content (AvgIpc) is 3.09. The van der Waals surface area contributed by atoms with Crippen LogP contribution in [0.5, 0.6) is 11.8 Å². The number of hydrogen-bond donors (Lipinski definition) is 0. The second kappa shape index (κ2) is 7.62. The monoisotopic (exact) mass is 327 g/mol. The van der Waals surface area contributed by atoms with Crippen molar-refractivity contribution in [3.05, 3.63) is 47.8 Å². The molecule has 1 aliphatic heterocycles. The van der Waals surface area contributed by atoms with Gasteiger partial charge in [0.2, 0.25) is 11.8 Å². The Labute approximate surface area is 143 Å². The summed E-state index contributed by atoms with van der Waals surface area (Å²) in [6.07, 6.45) is 4.09. The number of rotatable bonds is 6. The van der Waals surface area contributed by atoms with Crippen LogP contribution < -0.4 is 9.47 Å². The van der Waals surface area contributed by atoms with Crippen LogP contribution in [0, 0.1) is 5.92 Å². The number of nitrogens with zero attached hydrogens (tertiary/aromatic N) is 3. The maximum absolute atomic E-state index is 5.24. The van der Waals surface area contributed by atoms with Gasteiger partial charge in [-0.2, -0.15) is 0 Å². The third kappa shape index (κ3) is 3.85. The first-order chi connectivity index (χ1) is 11.7. The van der Waals surface area contributed by atoms with Crippen LogP contribution in [0.4, 0.5) is 0 Å². The van der Waals surface area contributed by atoms with Crippen LogP contribution in [0.1, 0.15) is 30.6 Å². The quantitative estimate of drug-likeness (QED) is 0.816. The van der Waals surface area contributed by atoms with E-state index in [4.69, 9.17) is 9.47 Å². The minimum Gasteiger partial charge on any atom is -0.481 e. The van der Waals surface area contributed by atoms with Crippen molar-refractivity contribution in [1.82, 2.24) is 14.9 Å². The molecule has 0 radical (unpaired) electrons. The molecule has 0 bridgehead atoms. The third-order valence-electron chi connectivity index (χ3n) is 4.78. The van der Waals surface area contributed by atoms with Gasteiger partial charge in [0.25, 0.3) is 0 Å². The van der Waals surface area contributed by atoms with Gasteiger partial charge in [-0.1, -0.05) is 6.07 Å². The minimum absolute atomic E-state index is 0.303. The van der Waals surface area contributed by atoms with Crippen molar-refractivity contribution < 1.29 is 9.47 Å². The number of aromatic nitrogens is 2. The van der Waals surface area contributed by atoms with Gasteiger partial charge in [0.1, 0.15) is 0 Å². The topological polar surface area (TPSA) is 47.5 Å². The predicted molar refractivity (Wildman–Crippen MR) is 93.4 cm³/mol.